The van der Waals surface area contributed by atoms with Crippen LogP contribution in [0.5, 0.6) is 5.75 Å². The number of halogens is 2. The molecule has 1 amide bonds. The van der Waals surface area contributed by atoms with Crippen molar-refractivity contribution in [2.45, 2.75) is 33.2 Å². The maximum absolute atomic E-state index is 12.8. The molecule has 0 spiro atoms. The van der Waals surface area contributed by atoms with Gasteiger partial charge in [0.2, 0.25) is 15.9 Å². The lowest BCUT2D eigenvalue weighted by atomic mass is 10.1. The van der Waals surface area contributed by atoms with Crippen molar-refractivity contribution in [3.8, 4) is 5.75 Å². The molecule has 2 aromatic rings. The summed E-state index contributed by atoms with van der Waals surface area (Å²) in [5.74, 6) is 0.309. The fourth-order valence-corrected chi connectivity index (χ4v) is 4.66. The van der Waals surface area contributed by atoms with Crippen molar-refractivity contribution in [1.82, 2.24) is 5.32 Å². The normalized spacial score (nSPS) is 12.3. The van der Waals surface area contributed by atoms with E-state index < -0.39 is 22.0 Å². The number of benzene rings is 2. The molecule has 0 fully saturated rings. The Labute approximate surface area is 188 Å². The van der Waals surface area contributed by atoms with Gasteiger partial charge < -0.3 is 10.1 Å². The lowest BCUT2D eigenvalue weighted by molar-refractivity contribution is -0.122. The number of amides is 1. The molecule has 1 N–H and O–H groups in total. The topological polar surface area (TPSA) is 75.7 Å². The van der Waals surface area contributed by atoms with Gasteiger partial charge in [-0.15, -0.1) is 0 Å². The van der Waals surface area contributed by atoms with Crippen LogP contribution in [0.4, 0.5) is 5.69 Å². The Bertz CT molecular complexity index is 1010. The highest BCUT2D eigenvalue weighted by molar-refractivity contribution is 7.92. The van der Waals surface area contributed by atoms with Crippen molar-refractivity contribution < 1.29 is 17.9 Å². The van der Waals surface area contributed by atoms with E-state index in [-0.39, 0.29) is 30.3 Å². The van der Waals surface area contributed by atoms with Crippen LogP contribution < -0.4 is 14.4 Å². The first-order valence-corrected chi connectivity index (χ1v) is 12.1. The zero-order chi connectivity index (χ0) is 22.5. The molecule has 0 heterocycles. The lowest BCUT2D eigenvalue weighted by Crippen LogP contribution is -2.50. The van der Waals surface area contributed by atoms with E-state index in [9.17, 15) is 13.2 Å². The van der Waals surface area contributed by atoms with Gasteiger partial charge in [0.05, 0.1) is 23.5 Å². The van der Waals surface area contributed by atoms with E-state index in [4.69, 9.17) is 27.9 Å². The SMILES string of the molecule is CC[C@@H](C(=O)NCCOc1cccc(C)c1C)N(c1cc(Cl)ccc1Cl)S(C)(=O)=O. The molecule has 164 valence electrons. The summed E-state index contributed by atoms with van der Waals surface area (Å²) < 4.78 is 31.8. The fourth-order valence-electron chi connectivity index (χ4n) is 3.02. The Hall–Kier alpha value is -1.96. The number of hydrogen-bond acceptors (Lipinski definition) is 4. The van der Waals surface area contributed by atoms with Crippen LogP contribution in [0.3, 0.4) is 0 Å². The highest BCUT2D eigenvalue weighted by Crippen LogP contribution is 2.32. The minimum atomic E-state index is -3.80. The van der Waals surface area contributed by atoms with E-state index >= 15 is 0 Å². The second-order valence-electron chi connectivity index (χ2n) is 6.92. The van der Waals surface area contributed by atoms with E-state index in [1.165, 1.54) is 12.1 Å². The number of sulfonamides is 1. The van der Waals surface area contributed by atoms with Gasteiger partial charge >= 0.3 is 0 Å². The molecule has 2 aromatic carbocycles. The number of hydrogen-bond donors (Lipinski definition) is 1. The predicted molar refractivity (Wildman–Crippen MR) is 122 cm³/mol. The molecule has 0 aliphatic carbocycles. The number of carbonyl (C=O) groups is 1. The number of carbonyl (C=O) groups excluding carboxylic acids is 1. The maximum atomic E-state index is 12.8. The van der Waals surface area contributed by atoms with Gasteiger partial charge in [-0.3, -0.25) is 9.10 Å². The average Bonchev–Trinajstić information content (AvgIpc) is 2.67. The summed E-state index contributed by atoms with van der Waals surface area (Å²) in [4.78, 5) is 12.8. The second kappa shape index (κ2) is 10.4. The van der Waals surface area contributed by atoms with Crippen LogP contribution in [0.25, 0.3) is 0 Å². The molecule has 0 radical (unpaired) electrons. The third kappa shape index (κ3) is 6.03. The van der Waals surface area contributed by atoms with Crippen LogP contribution in [-0.2, 0) is 14.8 Å². The first-order valence-electron chi connectivity index (χ1n) is 9.47. The fraction of sp³-hybridized carbons (Fsp3) is 0.381. The van der Waals surface area contributed by atoms with Crippen molar-refractivity contribution >= 4 is 44.8 Å². The van der Waals surface area contributed by atoms with E-state index in [1.54, 1.807) is 13.0 Å². The van der Waals surface area contributed by atoms with E-state index in [2.05, 4.69) is 5.32 Å². The molecule has 2 rings (SSSR count). The molecule has 30 heavy (non-hydrogen) atoms. The molecule has 0 aliphatic heterocycles. The first-order chi connectivity index (χ1) is 14.1. The molecule has 0 bridgehead atoms. The molecular formula is C21H26Cl2N2O4S. The quantitative estimate of drug-likeness (QED) is 0.550. The highest BCUT2D eigenvalue weighted by Gasteiger charge is 2.32. The van der Waals surface area contributed by atoms with Gasteiger partial charge in [0.1, 0.15) is 18.4 Å². The predicted octanol–water partition coefficient (Wildman–Crippen LogP) is 4.35. The zero-order valence-corrected chi connectivity index (χ0v) is 19.7. The molecular weight excluding hydrogens is 447 g/mol. The molecule has 0 aromatic heterocycles. The van der Waals surface area contributed by atoms with Gasteiger partial charge in [-0.1, -0.05) is 42.3 Å². The molecule has 0 unspecified atom stereocenters. The second-order valence-corrected chi connectivity index (χ2v) is 9.62. The Kier molecular flexibility index (Phi) is 8.41. The van der Waals surface area contributed by atoms with E-state index in [0.29, 0.717) is 5.02 Å². The van der Waals surface area contributed by atoms with Gasteiger partial charge in [-0.2, -0.15) is 0 Å². The van der Waals surface area contributed by atoms with Gasteiger partial charge in [0.25, 0.3) is 0 Å². The van der Waals surface area contributed by atoms with Crippen LogP contribution in [0.2, 0.25) is 10.0 Å². The van der Waals surface area contributed by atoms with Gasteiger partial charge in [-0.25, -0.2) is 8.42 Å². The van der Waals surface area contributed by atoms with Crippen LogP contribution >= 0.6 is 23.2 Å². The first kappa shape index (κ1) is 24.3. The summed E-state index contributed by atoms with van der Waals surface area (Å²) in [6, 6.07) is 9.28. The van der Waals surface area contributed by atoms with Crippen molar-refractivity contribution in [2.24, 2.45) is 0 Å². The van der Waals surface area contributed by atoms with Crippen molar-refractivity contribution in [3.63, 3.8) is 0 Å². The smallest absolute Gasteiger partial charge is 0.244 e. The molecule has 0 aliphatic rings. The molecule has 1 atom stereocenters. The molecule has 9 heteroatoms. The largest absolute Gasteiger partial charge is 0.491 e. The average molecular weight is 473 g/mol. The Morgan fingerprint density at radius 2 is 1.90 bits per heavy atom. The Morgan fingerprint density at radius 1 is 1.20 bits per heavy atom. The number of ether oxygens (including phenoxy) is 1. The standard InChI is InChI=1S/C21H26Cl2N2O4S/c1-5-18(25(30(4,27)28)19-13-16(22)9-10-17(19)23)21(26)24-11-12-29-20-8-6-7-14(2)15(20)3/h6-10,13,18H,5,11-12H2,1-4H3,(H,24,26)/t18-/m0/s1. The third-order valence-corrected chi connectivity index (χ3v) is 6.41. The van der Waals surface area contributed by atoms with Crippen molar-refractivity contribution in [2.75, 3.05) is 23.7 Å². The number of aryl methyl sites for hydroxylation is 1. The lowest BCUT2D eigenvalue weighted by Gasteiger charge is -2.30. The number of nitrogens with one attached hydrogen (secondary N) is 1. The summed E-state index contributed by atoms with van der Waals surface area (Å²) in [5.41, 5.74) is 2.32. The zero-order valence-electron chi connectivity index (χ0n) is 17.4. The number of anilines is 1. The Balaban J connectivity index is 2.12. The van der Waals surface area contributed by atoms with Crippen LogP contribution in [0, 0.1) is 13.8 Å². The summed E-state index contributed by atoms with van der Waals surface area (Å²) in [6.07, 6.45) is 1.28. The number of nitrogens with zero attached hydrogens (tertiary/aromatic N) is 1. The molecule has 6 nitrogen and oxygen atoms in total. The maximum Gasteiger partial charge on any atom is 0.244 e. The Morgan fingerprint density at radius 3 is 2.53 bits per heavy atom. The minimum Gasteiger partial charge on any atom is -0.491 e. The van der Waals surface area contributed by atoms with Gasteiger partial charge in [0.15, 0.2) is 0 Å². The highest BCUT2D eigenvalue weighted by atomic mass is 35.5. The third-order valence-electron chi connectivity index (χ3n) is 4.69. The van der Waals surface area contributed by atoms with Crippen molar-refractivity contribution in [1.29, 1.82) is 0 Å². The van der Waals surface area contributed by atoms with Crippen LogP contribution in [-0.4, -0.2) is 39.8 Å². The molecule has 0 saturated heterocycles. The van der Waals surface area contributed by atoms with Gasteiger partial charge in [0, 0.05) is 5.02 Å². The summed E-state index contributed by atoms with van der Waals surface area (Å²) in [5, 5.41) is 3.26. The summed E-state index contributed by atoms with van der Waals surface area (Å²) in [6.45, 7) is 6.17. The summed E-state index contributed by atoms with van der Waals surface area (Å²) >= 11 is 12.2. The monoisotopic (exact) mass is 472 g/mol. The summed E-state index contributed by atoms with van der Waals surface area (Å²) in [7, 11) is -3.80. The minimum absolute atomic E-state index is 0.167. The van der Waals surface area contributed by atoms with Gasteiger partial charge in [-0.05, 0) is 55.7 Å². The van der Waals surface area contributed by atoms with E-state index in [0.717, 1.165) is 27.4 Å². The molecule has 0 saturated carbocycles. The van der Waals surface area contributed by atoms with E-state index in [1.807, 2.05) is 32.0 Å². The van der Waals surface area contributed by atoms with Crippen LogP contribution in [0.1, 0.15) is 24.5 Å². The van der Waals surface area contributed by atoms with Crippen molar-refractivity contribution in [3.05, 3.63) is 57.6 Å². The number of rotatable bonds is 9. The van der Waals surface area contributed by atoms with Crippen LogP contribution in [0.15, 0.2) is 36.4 Å².